The van der Waals surface area contributed by atoms with Crippen molar-refractivity contribution < 1.29 is 14.3 Å². The second-order valence-corrected chi connectivity index (χ2v) is 10.2. The lowest BCUT2D eigenvalue weighted by Gasteiger charge is -2.11. The average molecular weight is 551 g/mol. The minimum atomic E-state index is -0.218. The average Bonchev–Trinajstić information content (AvgIpc) is 3.34. The number of nitrogens with zero attached hydrogens (tertiary/aromatic N) is 3. The van der Waals surface area contributed by atoms with Gasteiger partial charge in [-0.1, -0.05) is 84.1 Å². The third-order valence-electron chi connectivity index (χ3n) is 6.24. The number of carbonyl (C=O) groups excluding carboxylic acids is 1. The van der Waals surface area contributed by atoms with E-state index in [-0.39, 0.29) is 11.7 Å². The lowest BCUT2D eigenvalue weighted by atomic mass is 10.1. The zero-order chi connectivity index (χ0) is 27.7. The van der Waals surface area contributed by atoms with Crippen molar-refractivity contribution in [1.82, 2.24) is 15.0 Å². The Morgan fingerprint density at radius 1 is 0.950 bits per heavy atom. The van der Waals surface area contributed by atoms with Crippen LogP contribution in [0.25, 0.3) is 11.0 Å². The highest BCUT2D eigenvalue weighted by Gasteiger charge is 2.13. The molecule has 0 saturated carbocycles. The van der Waals surface area contributed by atoms with Gasteiger partial charge in [0.25, 0.3) is 5.91 Å². The molecule has 5 aromatic rings. The molecule has 0 spiro atoms. The first kappa shape index (κ1) is 27.0. The van der Waals surface area contributed by atoms with Gasteiger partial charge in [-0.2, -0.15) is 5.10 Å². The van der Waals surface area contributed by atoms with Crippen molar-refractivity contribution in [3.63, 3.8) is 0 Å². The Morgan fingerprint density at radius 3 is 2.52 bits per heavy atom. The van der Waals surface area contributed by atoms with Gasteiger partial charge in [-0.3, -0.25) is 4.79 Å². The van der Waals surface area contributed by atoms with E-state index in [1.165, 1.54) is 22.9 Å². The number of benzene rings is 4. The number of aromatic nitrogens is 2. The van der Waals surface area contributed by atoms with Gasteiger partial charge in [0.05, 0.1) is 36.7 Å². The van der Waals surface area contributed by atoms with Crippen molar-refractivity contribution in [2.45, 2.75) is 25.2 Å². The minimum Gasteiger partial charge on any atom is -0.493 e. The van der Waals surface area contributed by atoms with Crippen LogP contribution in [-0.2, 0) is 17.9 Å². The number of fused-ring (bicyclic) bond motifs is 1. The Bertz CT molecular complexity index is 1620. The molecule has 0 aliphatic rings. The second kappa shape index (κ2) is 13.0. The molecule has 0 atom stereocenters. The van der Waals surface area contributed by atoms with E-state index in [0.717, 1.165) is 27.3 Å². The maximum Gasteiger partial charge on any atom is 0.250 e. The SMILES string of the molecule is COc1cc(C=NNC(=O)CSc2nc3ccccc3n2Cc2ccc(C)cc2)ccc1OCc1ccccc1. The summed E-state index contributed by atoms with van der Waals surface area (Å²) in [4.78, 5) is 17.4. The highest BCUT2D eigenvalue weighted by atomic mass is 32.2. The van der Waals surface area contributed by atoms with Crippen LogP contribution in [0.3, 0.4) is 0 Å². The molecule has 5 rings (SSSR count). The molecule has 0 radical (unpaired) electrons. The Labute approximate surface area is 237 Å². The first-order valence-corrected chi connectivity index (χ1v) is 13.9. The van der Waals surface area contributed by atoms with E-state index >= 15 is 0 Å². The van der Waals surface area contributed by atoms with Gasteiger partial charge in [0.15, 0.2) is 16.7 Å². The predicted molar refractivity (Wildman–Crippen MR) is 160 cm³/mol. The van der Waals surface area contributed by atoms with E-state index in [0.29, 0.717) is 24.7 Å². The Balaban J connectivity index is 1.19. The lowest BCUT2D eigenvalue weighted by molar-refractivity contribution is -0.118. The summed E-state index contributed by atoms with van der Waals surface area (Å²) < 4.78 is 13.5. The molecular weight excluding hydrogens is 520 g/mol. The van der Waals surface area contributed by atoms with Gasteiger partial charge < -0.3 is 14.0 Å². The summed E-state index contributed by atoms with van der Waals surface area (Å²) in [6.07, 6.45) is 1.58. The molecule has 1 heterocycles. The van der Waals surface area contributed by atoms with Gasteiger partial charge in [0, 0.05) is 0 Å². The number of rotatable bonds is 11. The van der Waals surface area contributed by atoms with Crippen LogP contribution in [0.15, 0.2) is 107 Å². The number of ether oxygens (including phenoxy) is 2. The molecule has 0 aliphatic heterocycles. The smallest absolute Gasteiger partial charge is 0.250 e. The number of amides is 1. The number of hydrazone groups is 1. The summed E-state index contributed by atoms with van der Waals surface area (Å²) in [6.45, 7) is 3.19. The predicted octanol–water partition coefficient (Wildman–Crippen LogP) is 6.22. The molecule has 0 fully saturated rings. The molecule has 0 saturated heterocycles. The Hall–Kier alpha value is -4.56. The third kappa shape index (κ3) is 6.90. The first-order valence-electron chi connectivity index (χ1n) is 12.9. The van der Waals surface area contributed by atoms with Crippen LogP contribution >= 0.6 is 11.8 Å². The van der Waals surface area contributed by atoms with E-state index in [2.05, 4.69) is 52.3 Å². The van der Waals surface area contributed by atoms with Crippen LogP contribution in [0.5, 0.6) is 11.5 Å². The molecule has 1 N–H and O–H groups in total. The zero-order valence-corrected chi connectivity index (χ0v) is 23.2. The zero-order valence-electron chi connectivity index (χ0n) is 22.4. The van der Waals surface area contributed by atoms with Gasteiger partial charge in [0.2, 0.25) is 0 Å². The fourth-order valence-corrected chi connectivity index (χ4v) is 4.96. The van der Waals surface area contributed by atoms with Crippen molar-refractivity contribution >= 4 is 34.9 Å². The summed E-state index contributed by atoms with van der Waals surface area (Å²) in [5.74, 6) is 1.20. The molecule has 40 heavy (non-hydrogen) atoms. The topological polar surface area (TPSA) is 77.7 Å². The molecular formula is C32H30N4O3S. The van der Waals surface area contributed by atoms with Gasteiger partial charge in [-0.05, 0) is 53.9 Å². The standard InChI is InChI=1S/C32H30N4O3S/c1-23-12-14-24(15-13-23)20-36-28-11-7-6-10-27(28)34-32(36)40-22-31(37)35-33-19-26-16-17-29(30(18-26)38-2)39-21-25-8-4-3-5-9-25/h3-19H,20-22H2,1-2H3,(H,35,37). The molecule has 1 amide bonds. The maximum atomic E-state index is 12.6. The van der Waals surface area contributed by atoms with Crippen LogP contribution < -0.4 is 14.9 Å². The molecule has 4 aromatic carbocycles. The van der Waals surface area contributed by atoms with Crippen LogP contribution in [0.2, 0.25) is 0 Å². The number of nitrogens with one attached hydrogen (secondary N) is 1. The molecule has 0 bridgehead atoms. The van der Waals surface area contributed by atoms with E-state index < -0.39 is 0 Å². The van der Waals surface area contributed by atoms with Crippen molar-refractivity contribution in [1.29, 1.82) is 0 Å². The van der Waals surface area contributed by atoms with Gasteiger partial charge in [-0.15, -0.1) is 0 Å². The maximum absolute atomic E-state index is 12.6. The van der Waals surface area contributed by atoms with E-state index in [4.69, 9.17) is 14.5 Å². The van der Waals surface area contributed by atoms with Crippen LogP contribution in [-0.4, -0.2) is 34.5 Å². The van der Waals surface area contributed by atoms with Crippen molar-refractivity contribution in [2.75, 3.05) is 12.9 Å². The van der Waals surface area contributed by atoms with E-state index in [9.17, 15) is 4.79 Å². The summed E-state index contributed by atoms with van der Waals surface area (Å²) in [7, 11) is 1.59. The quantitative estimate of drug-likeness (QED) is 0.120. The first-order chi connectivity index (χ1) is 19.6. The fourth-order valence-electron chi connectivity index (χ4n) is 4.15. The number of hydrogen-bond donors (Lipinski definition) is 1. The van der Waals surface area contributed by atoms with E-state index in [1.807, 2.05) is 66.7 Å². The van der Waals surface area contributed by atoms with Crippen molar-refractivity contribution in [3.8, 4) is 11.5 Å². The van der Waals surface area contributed by atoms with Gasteiger partial charge >= 0.3 is 0 Å². The summed E-state index contributed by atoms with van der Waals surface area (Å²) in [6, 6.07) is 31.9. The van der Waals surface area contributed by atoms with Crippen molar-refractivity contribution in [2.24, 2.45) is 5.10 Å². The largest absolute Gasteiger partial charge is 0.493 e. The summed E-state index contributed by atoms with van der Waals surface area (Å²) in [5, 5.41) is 4.92. The fraction of sp³-hybridized carbons (Fsp3) is 0.156. The monoisotopic (exact) mass is 550 g/mol. The van der Waals surface area contributed by atoms with Crippen LogP contribution in [0.1, 0.15) is 22.3 Å². The van der Waals surface area contributed by atoms with E-state index in [1.54, 1.807) is 13.3 Å². The number of methoxy groups -OCH3 is 1. The number of aryl methyl sites for hydroxylation is 1. The molecule has 7 nitrogen and oxygen atoms in total. The third-order valence-corrected chi connectivity index (χ3v) is 7.22. The highest BCUT2D eigenvalue weighted by molar-refractivity contribution is 7.99. The van der Waals surface area contributed by atoms with Crippen LogP contribution in [0.4, 0.5) is 0 Å². The number of hydrogen-bond acceptors (Lipinski definition) is 6. The summed E-state index contributed by atoms with van der Waals surface area (Å²) in [5.41, 5.74) is 8.79. The highest BCUT2D eigenvalue weighted by Crippen LogP contribution is 2.28. The number of para-hydroxylation sites is 2. The molecule has 0 unspecified atom stereocenters. The molecule has 0 aliphatic carbocycles. The number of thioether (sulfide) groups is 1. The minimum absolute atomic E-state index is 0.185. The Morgan fingerprint density at radius 2 is 1.73 bits per heavy atom. The van der Waals surface area contributed by atoms with Crippen LogP contribution in [0, 0.1) is 6.92 Å². The van der Waals surface area contributed by atoms with Crippen molar-refractivity contribution in [3.05, 3.63) is 119 Å². The molecule has 202 valence electrons. The normalized spacial score (nSPS) is 11.2. The molecule has 1 aromatic heterocycles. The Kier molecular flexibility index (Phi) is 8.78. The summed E-state index contributed by atoms with van der Waals surface area (Å²) >= 11 is 1.39. The van der Waals surface area contributed by atoms with Gasteiger partial charge in [-0.25, -0.2) is 10.4 Å². The van der Waals surface area contributed by atoms with Gasteiger partial charge in [0.1, 0.15) is 6.61 Å². The lowest BCUT2D eigenvalue weighted by Crippen LogP contribution is -2.20. The molecule has 8 heteroatoms. The second-order valence-electron chi connectivity index (χ2n) is 9.22. The number of carbonyl (C=O) groups is 1. The number of imidazole rings is 1.